The van der Waals surface area contributed by atoms with Gasteiger partial charge in [0.1, 0.15) is 5.76 Å². The van der Waals surface area contributed by atoms with Gasteiger partial charge in [0.15, 0.2) is 5.13 Å². The van der Waals surface area contributed by atoms with Crippen LogP contribution < -0.4 is 4.90 Å². The van der Waals surface area contributed by atoms with Crippen molar-refractivity contribution >= 4 is 55.7 Å². The number of rotatable bonds is 3. The van der Waals surface area contributed by atoms with Crippen LogP contribution in [0.2, 0.25) is 5.02 Å². The Balaban J connectivity index is 1.74. The third kappa shape index (κ3) is 3.30. The van der Waals surface area contributed by atoms with Crippen molar-refractivity contribution in [2.24, 2.45) is 0 Å². The standard InChI is InChI=1S/C24H15ClN2O3S/c25-16-12-10-14(11-13-16)20-19(21(28)15-6-2-1-3-7-15)22(29)23(30)27(20)24-26-17-8-4-5-9-18(17)31-24/h1-13,20,28H/b21-19-. The number of ketones is 1. The summed E-state index contributed by atoms with van der Waals surface area (Å²) in [5.41, 5.74) is 1.88. The predicted molar refractivity (Wildman–Crippen MR) is 122 cm³/mol. The summed E-state index contributed by atoms with van der Waals surface area (Å²) < 4.78 is 0.900. The number of nitrogens with zero attached hydrogens (tertiary/aromatic N) is 2. The average Bonchev–Trinajstić information content (AvgIpc) is 3.33. The molecule has 1 fully saturated rings. The van der Waals surface area contributed by atoms with Crippen molar-refractivity contribution < 1.29 is 14.7 Å². The summed E-state index contributed by atoms with van der Waals surface area (Å²) in [7, 11) is 0. The number of thiazole rings is 1. The van der Waals surface area contributed by atoms with Crippen molar-refractivity contribution in [3.8, 4) is 0 Å². The highest BCUT2D eigenvalue weighted by Crippen LogP contribution is 2.44. The lowest BCUT2D eigenvalue weighted by Gasteiger charge is -2.23. The number of anilines is 1. The zero-order chi connectivity index (χ0) is 21.5. The Morgan fingerprint density at radius 3 is 2.32 bits per heavy atom. The number of halogens is 1. The predicted octanol–water partition coefficient (Wildman–Crippen LogP) is 5.58. The third-order valence-corrected chi connectivity index (χ3v) is 6.45. The molecule has 1 unspecified atom stereocenters. The van der Waals surface area contributed by atoms with Crippen molar-refractivity contribution in [2.45, 2.75) is 6.04 Å². The maximum atomic E-state index is 13.2. The molecule has 1 N–H and O–H groups in total. The summed E-state index contributed by atoms with van der Waals surface area (Å²) in [6.07, 6.45) is 0. The molecule has 0 aliphatic carbocycles. The molecule has 0 radical (unpaired) electrons. The number of benzene rings is 3. The fraction of sp³-hybridized carbons (Fsp3) is 0.0417. The smallest absolute Gasteiger partial charge is 0.301 e. The second kappa shape index (κ2) is 7.65. The molecule has 1 aromatic heterocycles. The van der Waals surface area contributed by atoms with E-state index in [1.165, 1.54) is 16.2 Å². The summed E-state index contributed by atoms with van der Waals surface area (Å²) >= 11 is 7.38. The number of fused-ring (bicyclic) bond motifs is 1. The number of aliphatic hydroxyl groups is 1. The SMILES string of the molecule is O=C1C(=O)N(c2nc3ccccc3s2)C(c2ccc(Cl)cc2)/C1=C(/O)c1ccccc1. The van der Waals surface area contributed by atoms with E-state index in [0.29, 0.717) is 21.3 Å². The van der Waals surface area contributed by atoms with Gasteiger partial charge in [-0.15, -0.1) is 0 Å². The monoisotopic (exact) mass is 446 g/mol. The molecule has 2 heterocycles. The largest absolute Gasteiger partial charge is 0.507 e. The Morgan fingerprint density at radius 2 is 1.61 bits per heavy atom. The van der Waals surface area contributed by atoms with Gasteiger partial charge in [-0.05, 0) is 29.8 Å². The number of aromatic nitrogens is 1. The molecule has 4 aromatic rings. The van der Waals surface area contributed by atoms with E-state index in [1.807, 2.05) is 30.3 Å². The normalized spacial score (nSPS) is 18.1. The van der Waals surface area contributed by atoms with Crippen LogP contribution in [-0.2, 0) is 9.59 Å². The van der Waals surface area contributed by atoms with Crippen molar-refractivity contribution in [1.29, 1.82) is 0 Å². The summed E-state index contributed by atoms with van der Waals surface area (Å²) in [6, 6.07) is 22.3. The van der Waals surface area contributed by atoms with Gasteiger partial charge < -0.3 is 5.11 Å². The molecule has 3 aromatic carbocycles. The third-order valence-electron chi connectivity index (χ3n) is 5.17. The van der Waals surface area contributed by atoms with Crippen LogP contribution in [0.3, 0.4) is 0 Å². The lowest BCUT2D eigenvalue weighted by Crippen LogP contribution is -2.29. The molecule has 0 spiro atoms. The molecule has 0 bridgehead atoms. The number of Topliss-reactive ketones (excluding diaryl/α,β-unsaturated/α-hetero) is 1. The van der Waals surface area contributed by atoms with Gasteiger partial charge in [0.2, 0.25) is 0 Å². The Hall–Kier alpha value is -3.48. The zero-order valence-corrected chi connectivity index (χ0v) is 17.6. The Kier molecular flexibility index (Phi) is 4.81. The van der Waals surface area contributed by atoms with Crippen LogP contribution in [-0.4, -0.2) is 21.8 Å². The molecule has 1 atom stereocenters. The molecule has 1 saturated heterocycles. The van der Waals surface area contributed by atoms with E-state index in [2.05, 4.69) is 4.98 Å². The average molecular weight is 447 g/mol. The fourth-order valence-electron chi connectivity index (χ4n) is 3.70. The number of carbonyl (C=O) groups excluding carboxylic acids is 2. The van der Waals surface area contributed by atoms with Crippen LogP contribution >= 0.6 is 22.9 Å². The van der Waals surface area contributed by atoms with Crippen LogP contribution in [0.15, 0.2) is 84.4 Å². The van der Waals surface area contributed by atoms with Crippen LogP contribution in [0, 0.1) is 0 Å². The van der Waals surface area contributed by atoms with Crippen molar-refractivity contribution in [3.05, 3.63) is 101 Å². The van der Waals surface area contributed by atoms with E-state index in [4.69, 9.17) is 11.6 Å². The van der Waals surface area contributed by atoms with E-state index < -0.39 is 17.7 Å². The molecule has 31 heavy (non-hydrogen) atoms. The molecule has 1 aliphatic heterocycles. The molecule has 0 saturated carbocycles. The quantitative estimate of drug-likeness (QED) is 0.253. The molecular formula is C24H15ClN2O3S. The van der Waals surface area contributed by atoms with E-state index in [9.17, 15) is 14.7 Å². The van der Waals surface area contributed by atoms with Gasteiger partial charge in [-0.25, -0.2) is 4.98 Å². The van der Waals surface area contributed by atoms with E-state index in [0.717, 1.165) is 10.2 Å². The molecule has 1 amide bonds. The van der Waals surface area contributed by atoms with Crippen LogP contribution in [0.25, 0.3) is 16.0 Å². The van der Waals surface area contributed by atoms with Gasteiger partial charge in [0.25, 0.3) is 5.78 Å². The van der Waals surface area contributed by atoms with Gasteiger partial charge in [0, 0.05) is 10.6 Å². The first-order chi connectivity index (χ1) is 15.0. The second-order valence-electron chi connectivity index (χ2n) is 7.05. The zero-order valence-electron chi connectivity index (χ0n) is 16.0. The van der Waals surface area contributed by atoms with E-state index in [-0.39, 0.29) is 11.3 Å². The van der Waals surface area contributed by atoms with Crippen molar-refractivity contribution in [3.63, 3.8) is 0 Å². The van der Waals surface area contributed by atoms with E-state index in [1.54, 1.807) is 48.5 Å². The Morgan fingerprint density at radius 1 is 0.935 bits per heavy atom. The van der Waals surface area contributed by atoms with Gasteiger partial charge in [-0.2, -0.15) is 0 Å². The maximum absolute atomic E-state index is 13.2. The molecule has 152 valence electrons. The topological polar surface area (TPSA) is 70.5 Å². The number of hydrogen-bond acceptors (Lipinski definition) is 5. The Bertz CT molecular complexity index is 1310. The number of para-hydroxylation sites is 1. The Labute approximate surface area is 186 Å². The highest BCUT2D eigenvalue weighted by Gasteiger charge is 2.48. The molecule has 5 rings (SSSR count). The summed E-state index contributed by atoms with van der Waals surface area (Å²) in [5, 5.41) is 12.0. The number of amides is 1. The lowest BCUT2D eigenvalue weighted by atomic mass is 9.95. The van der Waals surface area contributed by atoms with E-state index >= 15 is 0 Å². The van der Waals surface area contributed by atoms with Crippen LogP contribution in [0.5, 0.6) is 0 Å². The van der Waals surface area contributed by atoms with Gasteiger partial charge in [-0.3, -0.25) is 14.5 Å². The number of aliphatic hydroxyl groups excluding tert-OH is 1. The molecule has 1 aliphatic rings. The van der Waals surface area contributed by atoms with Gasteiger partial charge in [0.05, 0.1) is 21.8 Å². The molecule has 7 heteroatoms. The second-order valence-corrected chi connectivity index (χ2v) is 8.50. The summed E-state index contributed by atoms with van der Waals surface area (Å²) in [4.78, 5) is 32.2. The van der Waals surface area contributed by atoms with Gasteiger partial charge in [-0.1, -0.05) is 77.5 Å². The van der Waals surface area contributed by atoms with Gasteiger partial charge >= 0.3 is 5.91 Å². The maximum Gasteiger partial charge on any atom is 0.301 e. The lowest BCUT2D eigenvalue weighted by molar-refractivity contribution is -0.132. The minimum Gasteiger partial charge on any atom is -0.507 e. The number of hydrogen-bond donors (Lipinski definition) is 1. The summed E-state index contributed by atoms with van der Waals surface area (Å²) in [6.45, 7) is 0. The minimum atomic E-state index is -0.821. The highest BCUT2D eigenvalue weighted by molar-refractivity contribution is 7.22. The summed E-state index contributed by atoms with van der Waals surface area (Å²) in [5.74, 6) is -1.69. The first kappa shape index (κ1) is 19.5. The number of carbonyl (C=O) groups is 2. The fourth-order valence-corrected chi connectivity index (χ4v) is 4.82. The minimum absolute atomic E-state index is 0.0257. The first-order valence-electron chi connectivity index (χ1n) is 9.52. The van der Waals surface area contributed by atoms with Crippen molar-refractivity contribution in [2.75, 3.05) is 4.90 Å². The van der Waals surface area contributed by atoms with Crippen molar-refractivity contribution in [1.82, 2.24) is 4.98 Å². The molecule has 5 nitrogen and oxygen atoms in total. The molecular weight excluding hydrogens is 432 g/mol. The van der Waals surface area contributed by atoms with Crippen LogP contribution in [0.4, 0.5) is 5.13 Å². The van der Waals surface area contributed by atoms with Crippen LogP contribution in [0.1, 0.15) is 17.2 Å². The highest BCUT2D eigenvalue weighted by atomic mass is 35.5. The first-order valence-corrected chi connectivity index (χ1v) is 10.7.